The Labute approximate surface area is 145 Å². The Balaban J connectivity index is 1.96. The van der Waals surface area contributed by atoms with E-state index in [0.717, 1.165) is 6.16 Å². The zero-order valence-corrected chi connectivity index (χ0v) is 15.8. The van der Waals surface area contributed by atoms with Gasteiger partial charge in [-0.25, -0.2) is 9.97 Å². The Morgan fingerprint density at radius 2 is 2.16 bits per heavy atom. The lowest BCUT2D eigenvalue weighted by Gasteiger charge is -2.29. The predicted molar refractivity (Wildman–Crippen MR) is 98.8 cm³/mol. The molecule has 2 aromatic heterocycles. The molecule has 138 valence electrons. The van der Waals surface area contributed by atoms with Gasteiger partial charge in [-0.1, -0.05) is 0 Å². The third-order valence-corrected chi connectivity index (χ3v) is 6.10. The third kappa shape index (κ3) is 3.31. The van der Waals surface area contributed by atoms with Crippen molar-refractivity contribution in [2.24, 2.45) is 0 Å². The molecule has 3 rings (SSSR count). The van der Waals surface area contributed by atoms with E-state index in [9.17, 15) is 15.0 Å². The lowest BCUT2D eigenvalue weighted by atomic mass is 9.95. The van der Waals surface area contributed by atoms with Gasteiger partial charge in [-0.05, 0) is 39.8 Å². The summed E-state index contributed by atoms with van der Waals surface area (Å²) in [7, 11) is 0. The molecule has 0 radical (unpaired) electrons. The minimum Gasteiger partial charge on any atom is -0.387 e. The van der Waals surface area contributed by atoms with Crippen LogP contribution in [0.15, 0.2) is 11.1 Å². The van der Waals surface area contributed by atoms with Gasteiger partial charge in [0.2, 0.25) is 0 Å². The average Bonchev–Trinajstić information content (AvgIpc) is 3.00. The summed E-state index contributed by atoms with van der Waals surface area (Å²) in [6, 6.07) is 0. The SMILES string of the molecule is C=P(C)(C)CC[C@@]1(C)O[C@@H](n2cnc3c(=O)[nH]c(C)nc32)[C@H](O)[C@@H]1O. The maximum atomic E-state index is 12.0. The van der Waals surface area contributed by atoms with Gasteiger partial charge in [0.1, 0.15) is 18.0 Å². The van der Waals surface area contributed by atoms with Crippen LogP contribution in [-0.2, 0) is 4.74 Å². The summed E-state index contributed by atoms with van der Waals surface area (Å²) in [5.74, 6) is 0.443. The average molecular weight is 368 g/mol. The molecule has 0 bridgehead atoms. The summed E-state index contributed by atoms with van der Waals surface area (Å²) in [6.45, 7) is 6.41. The largest absolute Gasteiger partial charge is 0.387 e. The smallest absolute Gasteiger partial charge is 0.279 e. The van der Waals surface area contributed by atoms with E-state index in [4.69, 9.17) is 4.74 Å². The molecular formula is C16H25N4O4P. The molecule has 1 aliphatic heterocycles. The van der Waals surface area contributed by atoms with E-state index >= 15 is 0 Å². The summed E-state index contributed by atoms with van der Waals surface area (Å²) < 4.78 is 7.58. The number of imidazole rings is 1. The molecule has 1 aliphatic rings. The highest BCUT2D eigenvalue weighted by Gasteiger charge is 2.52. The van der Waals surface area contributed by atoms with Crippen molar-refractivity contribution in [2.45, 2.75) is 44.3 Å². The lowest BCUT2D eigenvalue weighted by Crippen LogP contribution is -2.41. The molecule has 25 heavy (non-hydrogen) atoms. The van der Waals surface area contributed by atoms with E-state index in [0.29, 0.717) is 17.9 Å². The normalized spacial score (nSPS) is 30.2. The molecule has 1 fully saturated rings. The van der Waals surface area contributed by atoms with Crippen LogP contribution in [-0.4, -0.2) is 73.3 Å². The second-order valence-corrected chi connectivity index (χ2v) is 12.0. The van der Waals surface area contributed by atoms with E-state index in [2.05, 4.69) is 34.6 Å². The fraction of sp³-hybridized carbons (Fsp3) is 0.625. The second kappa shape index (κ2) is 6.06. The van der Waals surface area contributed by atoms with Gasteiger partial charge < -0.3 is 19.9 Å². The minimum absolute atomic E-state index is 0.175. The van der Waals surface area contributed by atoms with E-state index in [1.165, 1.54) is 10.9 Å². The van der Waals surface area contributed by atoms with Crippen LogP contribution in [0, 0.1) is 6.92 Å². The Morgan fingerprint density at radius 3 is 2.80 bits per heavy atom. The molecule has 3 N–H and O–H groups in total. The molecule has 0 saturated carbocycles. The predicted octanol–water partition coefficient (Wildman–Crippen LogP) is 0.537. The molecule has 0 aliphatic carbocycles. The molecule has 8 nitrogen and oxygen atoms in total. The van der Waals surface area contributed by atoms with Crippen molar-refractivity contribution in [2.75, 3.05) is 19.5 Å². The van der Waals surface area contributed by atoms with Crippen LogP contribution < -0.4 is 5.56 Å². The van der Waals surface area contributed by atoms with Crippen molar-refractivity contribution >= 4 is 24.3 Å². The molecule has 0 aromatic carbocycles. The number of rotatable bonds is 4. The van der Waals surface area contributed by atoms with Crippen molar-refractivity contribution < 1.29 is 14.9 Å². The van der Waals surface area contributed by atoms with Crippen molar-refractivity contribution in [3.05, 3.63) is 22.5 Å². The monoisotopic (exact) mass is 368 g/mol. The third-order valence-electron chi connectivity index (χ3n) is 4.67. The Kier molecular flexibility index (Phi) is 4.44. The van der Waals surface area contributed by atoms with Gasteiger partial charge in [-0.3, -0.25) is 9.36 Å². The number of aryl methyl sites for hydroxylation is 1. The summed E-state index contributed by atoms with van der Waals surface area (Å²) in [6.07, 6.45) is 3.97. The Bertz CT molecular complexity index is 901. The number of aromatic amines is 1. The first kappa shape index (κ1) is 18.3. The van der Waals surface area contributed by atoms with Crippen molar-refractivity contribution in [3.63, 3.8) is 0 Å². The zero-order valence-electron chi connectivity index (χ0n) is 14.9. The molecule has 4 atom stereocenters. The first-order valence-corrected chi connectivity index (χ1v) is 11.2. The topological polar surface area (TPSA) is 113 Å². The number of fused-ring (bicyclic) bond motifs is 1. The maximum absolute atomic E-state index is 12.0. The molecule has 3 heterocycles. The summed E-state index contributed by atoms with van der Waals surface area (Å²) in [4.78, 5) is 23.0. The fourth-order valence-electron chi connectivity index (χ4n) is 3.11. The van der Waals surface area contributed by atoms with Crippen LogP contribution >= 0.6 is 6.89 Å². The first-order valence-electron chi connectivity index (χ1n) is 8.17. The summed E-state index contributed by atoms with van der Waals surface area (Å²) in [5.41, 5.74) is -0.743. The van der Waals surface area contributed by atoms with Crippen LogP contribution in [0.2, 0.25) is 0 Å². The van der Waals surface area contributed by atoms with Crippen molar-refractivity contribution in [1.29, 1.82) is 0 Å². The van der Waals surface area contributed by atoms with E-state index in [1.54, 1.807) is 13.8 Å². The van der Waals surface area contributed by atoms with Gasteiger partial charge in [0.15, 0.2) is 17.4 Å². The first-order chi connectivity index (χ1) is 11.5. The van der Waals surface area contributed by atoms with E-state index in [1.807, 2.05) is 0 Å². The minimum atomic E-state index is -1.29. The fourth-order valence-corrected chi connectivity index (χ4v) is 4.16. The molecule has 0 unspecified atom stereocenters. The highest BCUT2D eigenvalue weighted by Crippen LogP contribution is 2.44. The van der Waals surface area contributed by atoms with E-state index < -0.39 is 30.9 Å². The Hall–Kier alpha value is -1.47. The molecule has 1 saturated heterocycles. The van der Waals surface area contributed by atoms with Gasteiger partial charge in [-0.2, -0.15) is 0 Å². The molecule has 9 heteroatoms. The summed E-state index contributed by atoms with van der Waals surface area (Å²) in [5, 5.41) is 21.1. The van der Waals surface area contributed by atoms with Gasteiger partial charge in [0, 0.05) is 0 Å². The standard InChI is InChI=1S/C16H25N4O4P/c1-9-18-13-10(14(23)19-9)17-8-20(13)15-11(21)12(22)16(2,24-15)6-7-25(3,4)5/h8,11-12,15,21-22H,3,6-7H2,1-2,4-5H3,(H,18,19,23)/t11-,12+,15-,16-/m1/s1. The highest BCUT2D eigenvalue weighted by atomic mass is 31.2. The zero-order chi connectivity index (χ0) is 18.6. The molecular weight excluding hydrogens is 343 g/mol. The number of aromatic nitrogens is 4. The van der Waals surface area contributed by atoms with Gasteiger partial charge in [0.25, 0.3) is 5.56 Å². The number of nitrogens with zero attached hydrogens (tertiary/aromatic N) is 3. The van der Waals surface area contributed by atoms with Crippen molar-refractivity contribution in [1.82, 2.24) is 19.5 Å². The number of ether oxygens (including phenoxy) is 1. The van der Waals surface area contributed by atoms with Crippen LogP contribution in [0.25, 0.3) is 11.2 Å². The highest BCUT2D eigenvalue weighted by molar-refractivity contribution is 7.72. The number of H-pyrrole nitrogens is 1. The Morgan fingerprint density at radius 1 is 1.48 bits per heavy atom. The number of nitrogens with one attached hydrogen (secondary N) is 1. The molecule has 2 aromatic rings. The quantitative estimate of drug-likeness (QED) is 0.679. The second-order valence-electron chi connectivity index (χ2n) is 7.64. The van der Waals surface area contributed by atoms with Crippen LogP contribution in [0.5, 0.6) is 0 Å². The molecule has 0 amide bonds. The maximum Gasteiger partial charge on any atom is 0.279 e. The summed E-state index contributed by atoms with van der Waals surface area (Å²) >= 11 is 0. The van der Waals surface area contributed by atoms with Gasteiger partial charge in [-0.15, -0.1) is 13.2 Å². The van der Waals surface area contributed by atoms with Crippen LogP contribution in [0.4, 0.5) is 0 Å². The number of aliphatic hydroxyl groups excluding tert-OH is 2. The molecule has 0 spiro atoms. The number of aliphatic hydroxyl groups is 2. The lowest BCUT2D eigenvalue weighted by molar-refractivity contribution is -0.0926. The van der Waals surface area contributed by atoms with Gasteiger partial charge in [0.05, 0.1) is 11.9 Å². The number of hydrogen-bond donors (Lipinski definition) is 3. The van der Waals surface area contributed by atoms with Crippen LogP contribution in [0.3, 0.4) is 0 Å². The van der Waals surface area contributed by atoms with Crippen molar-refractivity contribution in [3.8, 4) is 0 Å². The van der Waals surface area contributed by atoms with Gasteiger partial charge >= 0.3 is 0 Å². The number of hydrogen-bond acceptors (Lipinski definition) is 6. The van der Waals surface area contributed by atoms with E-state index in [-0.39, 0.29) is 11.1 Å². The van der Waals surface area contributed by atoms with Crippen LogP contribution in [0.1, 0.15) is 25.4 Å².